The number of nitrogens with one attached hydrogen (secondary N) is 3. The number of ketones is 1. The molecule has 87 heavy (non-hydrogen) atoms. The number of carbonyl (C=O) groups is 11. The average Bonchev–Trinajstić information content (AvgIpc) is 1.23. The molecule has 4 N–H and O–H groups in total. The van der Waals surface area contributed by atoms with Gasteiger partial charge in [0.1, 0.15) is 54.4 Å². The van der Waals surface area contributed by atoms with E-state index in [1.165, 1.54) is 85.7 Å². The lowest BCUT2D eigenvalue weighted by Gasteiger charge is -2.41. The van der Waals surface area contributed by atoms with Crippen molar-refractivity contribution in [1.82, 2.24) is 50.2 Å². The molecule has 0 aromatic heterocycles. The van der Waals surface area contributed by atoms with Crippen molar-refractivity contribution in [3.8, 4) is 0 Å². The number of likely N-dealkylation sites (N-methyl/N-ethyl adjacent to an activating group) is 7. The fourth-order valence-corrected chi connectivity index (χ4v) is 11.5. The Morgan fingerprint density at radius 2 is 0.839 bits per heavy atom. The van der Waals surface area contributed by atoms with Gasteiger partial charge >= 0.3 is 0 Å². The van der Waals surface area contributed by atoms with Crippen LogP contribution in [0.4, 0.5) is 0 Å². The minimum atomic E-state index is -1.61. The van der Waals surface area contributed by atoms with Gasteiger partial charge in [-0.05, 0) is 100 Å². The first-order valence-electron chi connectivity index (χ1n) is 31.8. The predicted molar refractivity (Wildman–Crippen MR) is 339 cm³/mol. The number of Topliss-reactive ketones (excluding diaryl/α,β-unsaturated/α-hetero) is 1. The second kappa shape index (κ2) is 35.9. The van der Waals surface area contributed by atoms with Crippen LogP contribution in [0.1, 0.15) is 176 Å². The maximum Gasteiger partial charge on any atom is 0.246 e. The summed E-state index contributed by atoms with van der Waals surface area (Å²) in [5, 5.41) is 20.6. The van der Waals surface area contributed by atoms with Crippen LogP contribution in [0.5, 0.6) is 0 Å². The van der Waals surface area contributed by atoms with Crippen molar-refractivity contribution in [2.24, 2.45) is 47.3 Å². The Hall–Kier alpha value is -5.93. The van der Waals surface area contributed by atoms with Crippen molar-refractivity contribution in [2.45, 2.75) is 243 Å². The van der Waals surface area contributed by atoms with E-state index in [-0.39, 0.29) is 68.6 Å². The topological polar surface area (TPSA) is 267 Å². The van der Waals surface area contributed by atoms with Gasteiger partial charge in [-0.1, -0.05) is 123 Å². The normalized spacial score (nSPS) is 27.5. The van der Waals surface area contributed by atoms with Gasteiger partial charge in [0.25, 0.3) is 0 Å². The summed E-state index contributed by atoms with van der Waals surface area (Å²) in [6, 6.07) is -12.1. The van der Waals surface area contributed by atoms with Gasteiger partial charge in [0.2, 0.25) is 59.1 Å². The van der Waals surface area contributed by atoms with Gasteiger partial charge < -0.3 is 55.4 Å². The molecule has 498 valence electrons. The van der Waals surface area contributed by atoms with E-state index in [1.54, 1.807) is 61.5 Å². The van der Waals surface area contributed by atoms with Crippen molar-refractivity contribution < 1.29 is 57.8 Å². The molecular weight excluding hydrogens is 1110 g/mol. The summed E-state index contributed by atoms with van der Waals surface area (Å²) in [6.07, 6.45) is 2.89. The van der Waals surface area contributed by atoms with E-state index in [9.17, 15) is 43.5 Å². The lowest BCUT2D eigenvalue weighted by molar-refractivity contribution is -0.157. The molecule has 1 aliphatic heterocycles. The summed E-state index contributed by atoms with van der Waals surface area (Å²) >= 11 is 0. The molecule has 0 radical (unpaired) electrons. The highest BCUT2D eigenvalue weighted by Crippen LogP contribution is 2.27. The van der Waals surface area contributed by atoms with Gasteiger partial charge in [-0.25, -0.2) is 0 Å². The molecule has 0 saturated carbocycles. The number of allylic oxidation sites excluding steroid dienone is 2. The molecule has 1 saturated heterocycles. The number of aliphatic hydroxyl groups is 1. The molecule has 13 atom stereocenters. The van der Waals surface area contributed by atoms with E-state index in [0.29, 0.717) is 6.42 Å². The van der Waals surface area contributed by atoms with Crippen molar-refractivity contribution in [3.05, 3.63) is 12.2 Å². The maximum atomic E-state index is 15.2. The lowest BCUT2D eigenvalue weighted by Crippen LogP contribution is -2.64. The Morgan fingerprint density at radius 1 is 0.448 bits per heavy atom. The van der Waals surface area contributed by atoms with E-state index in [1.807, 2.05) is 68.4 Å². The first kappa shape index (κ1) is 79.1. The molecule has 1 fully saturated rings. The second-order valence-corrected chi connectivity index (χ2v) is 27.1. The third-order valence-electron chi connectivity index (χ3n) is 17.1. The van der Waals surface area contributed by atoms with Crippen LogP contribution in [-0.2, 0) is 52.7 Å². The van der Waals surface area contributed by atoms with E-state index in [0.717, 1.165) is 4.90 Å². The minimum Gasteiger partial charge on any atom is -0.390 e. The highest BCUT2D eigenvalue weighted by atomic mass is 16.3. The number of carbonyl (C=O) groups excluding carboxylic acids is 11. The van der Waals surface area contributed by atoms with Crippen LogP contribution in [0, 0.1) is 47.3 Å². The molecule has 0 spiro atoms. The van der Waals surface area contributed by atoms with Crippen LogP contribution in [0.25, 0.3) is 0 Å². The zero-order chi connectivity index (χ0) is 67.6. The molecule has 10 amide bonds. The third-order valence-corrected chi connectivity index (χ3v) is 17.1. The lowest BCUT2D eigenvalue weighted by atomic mass is 9.91. The SMILES string of the molecule is C/C=C/C[C@@H](C)[C@@H](O)[C@@H]1C(=O)N[C@H](CC)C(=O)N(C)[C@H](CC)C(=O)N(C)[C@@H](CC(C)C)C(=O)N[C@H](C(C)C)C(=O)N(C)[C@H](CC(C)C)C(=O)N[C@H](C)C(=O)C[C@@H](C)C(=O)N(C)[C@H](CC(C)C)C(=O)N(C)[C@H](CC(C)C)C(=O)N(C)[C@H](C(C)C)C(=O)N1C. The first-order chi connectivity index (χ1) is 40.2. The van der Waals surface area contributed by atoms with E-state index < -0.39 is 155 Å². The highest BCUT2D eigenvalue weighted by molar-refractivity contribution is 6.00. The molecule has 0 bridgehead atoms. The standard InChI is InChI=1S/C65H116N10O12/c1-26-29-30-42(16)55(77)54-58(80)67-45(27-2)60(82)69(19)46(28-3)61(83)70(20)48(32-37(6)7)57(79)68-52(40(12)13)64(86)71(21)47(31-36(4)5)56(78)66-44(18)51(76)35-43(17)59(81)72(22)49(33-38(8)9)62(84)73(23)50(34-39(10)11)63(85)74(24)53(41(14)15)65(87)75(54)25/h26,29,36-50,52-55,77H,27-28,30-35H2,1-25H3,(H,66,78)(H,67,80)(H,68,79)/b29-26+/t42-,43-,44-,45-,46-,47-,48+,49-,50-,52-,53-,54-,55-/m1/s1. The molecule has 1 aliphatic rings. The largest absolute Gasteiger partial charge is 0.390 e. The van der Waals surface area contributed by atoms with E-state index in [4.69, 9.17) is 0 Å². The maximum absolute atomic E-state index is 15.2. The minimum absolute atomic E-state index is 0.0224. The van der Waals surface area contributed by atoms with Gasteiger partial charge in [0, 0.05) is 61.7 Å². The summed E-state index contributed by atoms with van der Waals surface area (Å²) in [4.78, 5) is 171. The molecule has 1 heterocycles. The molecule has 0 unspecified atom stereocenters. The van der Waals surface area contributed by atoms with Gasteiger partial charge in [0.15, 0.2) is 5.78 Å². The van der Waals surface area contributed by atoms with Crippen LogP contribution in [0.2, 0.25) is 0 Å². The zero-order valence-electron chi connectivity index (χ0n) is 57.8. The number of nitrogens with zero attached hydrogens (tertiary/aromatic N) is 7. The Kier molecular flexibility index (Phi) is 32.6. The predicted octanol–water partition coefficient (Wildman–Crippen LogP) is 5.14. The number of amides is 10. The Labute approximate surface area is 522 Å². The summed E-state index contributed by atoms with van der Waals surface area (Å²) in [6.45, 7) is 31.9. The Bertz CT molecular complexity index is 2380. The Morgan fingerprint density at radius 3 is 1.26 bits per heavy atom. The summed E-state index contributed by atoms with van der Waals surface area (Å²) in [5.41, 5.74) is 0. The molecule has 1 rings (SSSR count). The molecule has 0 aromatic carbocycles. The zero-order valence-corrected chi connectivity index (χ0v) is 57.8. The highest BCUT2D eigenvalue weighted by Gasteiger charge is 2.46. The van der Waals surface area contributed by atoms with E-state index in [2.05, 4.69) is 16.0 Å². The van der Waals surface area contributed by atoms with Gasteiger partial charge in [0.05, 0.1) is 12.1 Å². The van der Waals surface area contributed by atoms with Crippen molar-refractivity contribution in [1.29, 1.82) is 0 Å². The van der Waals surface area contributed by atoms with Crippen LogP contribution in [0.15, 0.2) is 12.2 Å². The molecular formula is C65H116N10O12. The molecule has 0 aromatic rings. The van der Waals surface area contributed by atoms with Crippen LogP contribution in [0.3, 0.4) is 0 Å². The quantitative estimate of drug-likeness (QED) is 0.147. The van der Waals surface area contributed by atoms with Crippen molar-refractivity contribution in [2.75, 3.05) is 49.3 Å². The molecule has 0 aliphatic carbocycles. The average molecular weight is 1230 g/mol. The number of aliphatic hydroxyl groups excluding tert-OH is 1. The second-order valence-electron chi connectivity index (χ2n) is 27.1. The number of rotatable bonds is 16. The van der Waals surface area contributed by atoms with Crippen LogP contribution in [-0.4, -0.2) is 220 Å². The fourth-order valence-electron chi connectivity index (χ4n) is 11.5. The van der Waals surface area contributed by atoms with E-state index >= 15 is 14.4 Å². The Balaban J connectivity index is 4.41. The first-order valence-corrected chi connectivity index (χ1v) is 31.8. The number of hydrogen-bond donors (Lipinski definition) is 4. The smallest absolute Gasteiger partial charge is 0.246 e. The fraction of sp³-hybridized carbons (Fsp3) is 0.800. The van der Waals surface area contributed by atoms with Gasteiger partial charge in [-0.2, -0.15) is 0 Å². The molecule has 22 nitrogen and oxygen atoms in total. The number of hydrogen-bond acceptors (Lipinski definition) is 12. The monoisotopic (exact) mass is 1230 g/mol. The van der Waals surface area contributed by atoms with Crippen LogP contribution >= 0.6 is 0 Å². The van der Waals surface area contributed by atoms with Crippen LogP contribution < -0.4 is 16.0 Å². The van der Waals surface area contributed by atoms with Crippen molar-refractivity contribution >= 4 is 64.9 Å². The third kappa shape index (κ3) is 21.7. The molecule has 22 heteroatoms. The van der Waals surface area contributed by atoms with Gasteiger partial charge in [-0.15, -0.1) is 0 Å². The summed E-state index contributed by atoms with van der Waals surface area (Å²) in [5.74, 6) is -10.1. The summed E-state index contributed by atoms with van der Waals surface area (Å²) in [7, 11) is 10.1. The van der Waals surface area contributed by atoms with Gasteiger partial charge in [-0.3, -0.25) is 52.7 Å². The summed E-state index contributed by atoms with van der Waals surface area (Å²) < 4.78 is 0. The van der Waals surface area contributed by atoms with Crippen molar-refractivity contribution in [3.63, 3.8) is 0 Å².